The van der Waals surface area contributed by atoms with E-state index >= 15 is 0 Å². The van der Waals surface area contributed by atoms with E-state index in [1.807, 2.05) is 0 Å². The fraction of sp³-hybridized carbons (Fsp3) is 0.118. The van der Waals surface area contributed by atoms with Gasteiger partial charge in [0.25, 0.3) is 6.43 Å². The average Bonchev–Trinajstić information content (AvgIpc) is 3.05. The maximum Gasteiger partial charge on any atom is 0.416 e. The monoisotopic (exact) mass is 453 g/mol. The number of hydrogen-bond donors (Lipinski definition) is 1. The number of primary sulfonamides is 1. The van der Waals surface area contributed by atoms with Gasteiger partial charge in [0.2, 0.25) is 10.0 Å². The highest BCUT2D eigenvalue weighted by Gasteiger charge is 2.31. The second-order valence-corrected chi connectivity index (χ2v) is 7.53. The first-order valence-corrected chi connectivity index (χ1v) is 9.41. The zero-order valence-electron chi connectivity index (χ0n) is 14.5. The van der Waals surface area contributed by atoms with Crippen LogP contribution in [0.5, 0.6) is 0 Å². The highest BCUT2D eigenvalue weighted by molar-refractivity contribution is 7.89. The molecule has 160 valence electrons. The molecule has 0 atom stereocenters. The SMILES string of the molecule is NS(=O)(=O)c1c(F)cc(-c2cc(C(F)F)nn2-c2cccc(C(F)(F)F)c2)cc1F. The molecule has 0 fully saturated rings. The van der Waals surface area contributed by atoms with Gasteiger partial charge in [0, 0.05) is 5.56 Å². The molecule has 3 aromatic rings. The fourth-order valence-electron chi connectivity index (χ4n) is 2.70. The summed E-state index contributed by atoms with van der Waals surface area (Å²) in [6, 6.07) is 5.18. The summed E-state index contributed by atoms with van der Waals surface area (Å²) < 4.78 is 117. The Kier molecular flexibility index (Phi) is 5.37. The van der Waals surface area contributed by atoms with Gasteiger partial charge in [-0.05, 0) is 36.4 Å². The molecule has 2 N–H and O–H groups in total. The van der Waals surface area contributed by atoms with Gasteiger partial charge in [-0.2, -0.15) is 18.3 Å². The second kappa shape index (κ2) is 7.40. The number of aromatic nitrogens is 2. The molecule has 0 spiro atoms. The number of nitrogens with two attached hydrogens (primary N) is 1. The second-order valence-electron chi connectivity index (χ2n) is 6.03. The highest BCUT2D eigenvalue weighted by Crippen LogP contribution is 2.34. The van der Waals surface area contributed by atoms with Crippen LogP contribution in [0.25, 0.3) is 16.9 Å². The number of sulfonamides is 1. The third-order valence-corrected chi connectivity index (χ3v) is 4.91. The number of hydrogen-bond acceptors (Lipinski definition) is 3. The lowest BCUT2D eigenvalue weighted by Gasteiger charge is -2.12. The van der Waals surface area contributed by atoms with E-state index in [2.05, 4.69) is 5.10 Å². The number of nitrogens with zero attached hydrogens (tertiary/aromatic N) is 2. The molecule has 0 bridgehead atoms. The topological polar surface area (TPSA) is 78.0 Å². The quantitative estimate of drug-likeness (QED) is 0.594. The van der Waals surface area contributed by atoms with Crippen molar-refractivity contribution in [2.45, 2.75) is 17.5 Å². The zero-order chi connectivity index (χ0) is 22.4. The van der Waals surface area contributed by atoms with Crippen LogP contribution in [0.15, 0.2) is 47.4 Å². The Bertz CT molecular complexity index is 1200. The van der Waals surface area contributed by atoms with Crippen LogP contribution in [0, 0.1) is 11.6 Å². The number of rotatable bonds is 4. The van der Waals surface area contributed by atoms with Crippen LogP contribution in [0.3, 0.4) is 0 Å². The summed E-state index contributed by atoms with van der Waals surface area (Å²) in [6.45, 7) is 0. The Morgan fingerprint density at radius 3 is 2.10 bits per heavy atom. The minimum atomic E-state index is -4.77. The molecule has 0 amide bonds. The maximum atomic E-state index is 14.2. The molecule has 0 saturated heterocycles. The molecule has 13 heteroatoms. The van der Waals surface area contributed by atoms with E-state index in [1.54, 1.807) is 0 Å². The molecule has 5 nitrogen and oxygen atoms in total. The molecule has 0 aliphatic heterocycles. The normalized spacial score (nSPS) is 12.6. The number of benzene rings is 2. The molecule has 30 heavy (non-hydrogen) atoms. The number of alkyl halides is 5. The number of halogens is 7. The Morgan fingerprint density at radius 1 is 1.00 bits per heavy atom. The van der Waals surface area contributed by atoms with Gasteiger partial charge in [-0.1, -0.05) is 6.07 Å². The van der Waals surface area contributed by atoms with Crippen LogP contribution in [0.1, 0.15) is 17.7 Å². The predicted molar refractivity (Wildman–Crippen MR) is 90.2 cm³/mol. The first-order valence-electron chi connectivity index (χ1n) is 7.87. The van der Waals surface area contributed by atoms with Gasteiger partial charge in [-0.25, -0.2) is 35.8 Å². The summed E-state index contributed by atoms with van der Waals surface area (Å²) in [5.74, 6) is -3.22. The van der Waals surface area contributed by atoms with Crippen LogP contribution < -0.4 is 5.14 Å². The largest absolute Gasteiger partial charge is 0.416 e. The molecule has 0 aliphatic carbocycles. The Morgan fingerprint density at radius 2 is 1.60 bits per heavy atom. The van der Waals surface area contributed by atoms with Crippen molar-refractivity contribution in [1.82, 2.24) is 9.78 Å². The van der Waals surface area contributed by atoms with E-state index in [4.69, 9.17) is 5.14 Å². The van der Waals surface area contributed by atoms with Crippen LogP contribution >= 0.6 is 0 Å². The molecule has 1 aromatic heterocycles. The standard InChI is InChI=1S/C17H10F7N3O2S/c18-11-4-8(5-12(19)15(11)30(25,28)29)14-7-13(16(20)21)26-27(14)10-3-1-2-9(6-10)17(22,23)24/h1-7,16H,(H2,25,28,29). The Balaban J connectivity index is 2.25. The molecule has 3 rings (SSSR count). The van der Waals surface area contributed by atoms with E-state index < -0.39 is 61.7 Å². The van der Waals surface area contributed by atoms with Crippen molar-refractivity contribution in [3.63, 3.8) is 0 Å². The molecule has 0 saturated carbocycles. The Labute approximate surface area is 164 Å². The Hall–Kier alpha value is -2.93. The molecule has 0 aliphatic rings. The molecule has 0 unspecified atom stereocenters. The van der Waals surface area contributed by atoms with Crippen LogP contribution in [0.2, 0.25) is 0 Å². The summed E-state index contributed by atoms with van der Waals surface area (Å²) >= 11 is 0. The lowest BCUT2D eigenvalue weighted by Crippen LogP contribution is -2.16. The summed E-state index contributed by atoms with van der Waals surface area (Å²) in [5.41, 5.74) is -3.15. The van der Waals surface area contributed by atoms with Gasteiger partial charge < -0.3 is 0 Å². The van der Waals surface area contributed by atoms with Crippen LogP contribution in [0.4, 0.5) is 30.7 Å². The van der Waals surface area contributed by atoms with Crippen molar-refractivity contribution in [3.8, 4) is 16.9 Å². The van der Waals surface area contributed by atoms with Crippen molar-refractivity contribution in [3.05, 3.63) is 65.4 Å². The third kappa shape index (κ3) is 4.16. The van der Waals surface area contributed by atoms with Gasteiger partial charge >= 0.3 is 6.18 Å². The smallest absolute Gasteiger partial charge is 0.233 e. The summed E-state index contributed by atoms with van der Waals surface area (Å²) in [6.07, 6.45) is -7.89. The van der Waals surface area contributed by atoms with Crippen molar-refractivity contribution in [1.29, 1.82) is 0 Å². The molecule has 2 aromatic carbocycles. The maximum absolute atomic E-state index is 14.2. The van der Waals surface area contributed by atoms with Gasteiger partial charge in [0.15, 0.2) is 4.90 Å². The van der Waals surface area contributed by atoms with E-state index in [0.29, 0.717) is 22.9 Å². The molecular formula is C17H10F7N3O2S. The zero-order valence-corrected chi connectivity index (χ0v) is 15.3. The van der Waals surface area contributed by atoms with E-state index in [-0.39, 0.29) is 5.69 Å². The molecular weight excluding hydrogens is 443 g/mol. The average molecular weight is 453 g/mol. The van der Waals surface area contributed by atoms with Crippen LogP contribution in [-0.2, 0) is 16.2 Å². The fourth-order valence-corrected chi connectivity index (χ4v) is 3.36. The molecule has 0 radical (unpaired) electrons. The molecule has 1 heterocycles. The summed E-state index contributed by atoms with van der Waals surface area (Å²) in [4.78, 5) is -1.44. The van der Waals surface area contributed by atoms with Gasteiger partial charge in [-0.15, -0.1) is 0 Å². The lowest BCUT2D eigenvalue weighted by atomic mass is 10.1. The third-order valence-electron chi connectivity index (χ3n) is 3.95. The summed E-state index contributed by atoms with van der Waals surface area (Å²) in [5, 5.41) is 8.26. The first kappa shape index (κ1) is 21.8. The first-order chi connectivity index (χ1) is 13.8. The van der Waals surface area contributed by atoms with Crippen molar-refractivity contribution in [2.75, 3.05) is 0 Å². The summed E-state index contributed by atoms with van der Waals surface area (Å²) in [7, 11) is -4.77. The van der Waals surface area contributed by atoms with E-state index in [1.165, 1.54) is 0 Å². The van der Waals surface area contributed by atoms with E-state index in [0.717, 1.165) is 24.3 Å². The van der Waals surface area contributed by atoms with Gasteiger partial charge in [-0.3, -0.25) is 0 Å². The van der Waals surface area contributed by atoms with E-state index in [9.17, 15) is 39.2 Å². The van der Waals surface area contributed by atoms with Crippen molar-refractivity contribution >= 4 is 10.0 Å². The minimum Gasteiger partial charge on any atom is -0.233 e. The van der Waals surface area contributed by atoms with Gasteiger partial charge in [0.1, 0.15) is 17.3 Å². The van der Waals surface area contributed by atoms with Gasteiger partial charge in [0.05, 0.1) is 16.9 Å². The predicted octanol–water partition coefficient (Wildman–Crippen LogP) is 4.42. The highest BCUT2D eigenvalue weighted by atomic mass is 32.2. The lowest BCUT2D eigenvalue weighted by molar-refractivity contribution is -0.137. The van der Waals surface area contributed by atoms with Crippen molar-refractivity contribution in [2.24, 2.45) is 5.14 Å². The van der Waals surface area contributed by atoms with Crippen LogP contribution in [-0.4, -0.2) is 18.2 Å². The minimum absolute atomic E-state index is 0.317. The van der Waals surface area contributed by atoms with Crippen molar-refractivity contribution < 1.29 is 39.2 Å².